The Kier molecular flexibility index (Phi) is 4.40. The first-order valence-electron chi connectivity index (χ1n) is 6.84. The lowest BCUT2D eigenvalue weighted by atomic mass is 10.1. The molecule has 0 aliphatic carbocycles. The van der Waals surface area contributed by atoms with Gasteiger partial charge in [0.15, 0.2) is 0 Å². The molecule has 0 unspecified atom stereocenters. The maximum atomic E-state index is 13.4. The number of nitrogens with zero attached hydrogens (tertiary/aromatic N) is 1. The van der Waals surface area contributed by atoms with Gasteiger partial charge in [0.2, 0.25) is 0 Å². The van der Waals surface area contributed by atoms with Crippen LogP contribution in [0, 0.1) is 12.7 Å². The van der Waals surface area contributed by atoms with E-state index >= 15 is 0 Å². The SMILES string of the molecule is CCN(c1cccc(C)c1)c1ccc(F)cc1[C@H](C)O. The molecular formula is C17H20FNO. The number of hydrogen-bond donors (Lipinski definition) is 1. The summed E-state index contributed by atoms with van der Waals surface area (Å²) in [6.07, 6.45) is -0.709. The molecule has 0 spiro atoms. The number of aryl methyl sites for hydroxylation is 1. The minimum atomic E-state index is -0.709. The van der Waals surface area contributed by atoms with Gasteiger partial charge in [-0.3, -0.25) is 0 Å². The largest absolute Gasteiger partial charge is 0.389 e. The van der Waals surface area contributed by atoms with Crippen molar-refractivity contribution in [2.75, 3.05) is 11.4 Å². The zero-order valence-electron chi connectivity index (χ0n) is 12.1. The molecule has 0 bridgehead atoms. The Hall–Kier alpha value is -1.87. The highest BCUT2D eigenvalue weighted by atomic mass is 19.1. The van der Waals surface area contributed by atoms with Crippen molar-refractivity contribution in [2.45, 2.75) is 26.9 Å². The first kappa shape index (κ1) is 14.5. The Balaban J connectivity index is 2.52. The molecule has 0 aromatic heterocycles. The molecule has 0 heterocycles. The van der Waals surface area contributed by atoms with E-state index in [0.29, 0.717) is 5.56 Å². The Morgan fingerprint density at radius 3 is 2.55 bits per heavy atom. The summed E-state index contributed by atoms with van der Waals surface area (Å²) in [6, 6.07) is 12.7. The summed E-state index contributed by atoms with van der Waals surface area (Å²) in [6.45, 7) is 6.48. The van der Waals surface area contributed by atoms with Crippen molar-refractivity contribution in [3.8, 4) is 0 Å². The van der Waals surface area contributed by atoms with Crippen molar-refractivity contribution in [3.63, 3.8) is 0 Å². The van der Waals surface area contributed by atoms with Crippen molar-refractivity contribution in [3.05, 3.63) is 59.4 Å². The summed E-state index contributed by atoms with van der Waals surface area (Å²) in [4.78, 5) is 2.08. The average molecular weight is 273 g/mol. The lowest BCUT2D eigenvalue weighted by Crippen LogP contribution is -2.18. The second kappa shape index (κ2) is 6.06. The predicted molar refractivity (Wildman–Crippen MR) is 80.9 cm³/mol. The number of aliphatic hydroxyl groups is 1. The van der Waals surface area contributed by atoms with Crippen LogP contribution in [0.5, 0.6) is 0 Å². The molecule has 2 aromatic carbocycles. The number of hydrogen-bond acceptors (Lipinski definition) is 2. The van der Waals surface area contributed by atoms with Crippen molar-refractivity contribution < 1.29 is 9.50 Å². The molecule has 3 heteroatoms. The van der Waals surface area contributed by atoms with E-state index in [-0.39, 0.29) is 5.82 Å². The van der Waals surface area contributed by atoms with Gasteiger partial charge in [-0.25, -0.2) is 4.39 Å². The molecule has 1 N–H and O–H groups in total. The number of halogens is 1. The van der Waals surface area contributed by atoms with Crippen molar-refractivity contribution in [1.29, 1.82) is 0 Å². The van der Waals surface area contributed by atoms with Crippen LogP contribution < -0.4 is 4.90 Å². The van der Waals surface area contributed by atoms with E-state index in [1.54, 1.807) is 13.0 Å². The van der Waals surface area contributed by atoms with E-state index in [4.69, 9.17) is 0 Å². The van der Waals surface area contributed by atoms with Crippen LogP contribution in [0.3, 0.4) is 0 Å². The minimum absolute atomic E-state index is 0.329. The van der Waals surface area contributed by atoms with E-state index in [2.05, 4.69) is 11.0 Å². The summed E-state index contributed by atoms with van der Waals surface area (Å²) in [5, 5.41) is 9.88. The summed E-state index contributed by atoms with van der Waals surface area (Å²) in [5.41, 5.74) is 3.66. The third-order valence-corrected chi connectivity index (χ3v) is 3.36. The van der Waals surface area contributed by atoms with Gasteiger partial charge in [-0.2, -0.15) is 0 Å². The molecule has 2 rings (SSSR count). The first-order chi connectivity index (χ1) is 9.52. The molecule has 0 aliphatic heterocycles. The van der Waals surface area contributed by atoms with Crippen LogP contribution in [0.4, 0.5) is 15.8 Å². The molecule has 2 nitrogen and oxygen atoms in total. The molecule has 0 saturated heterocycles. The van der Waals surface area contributed by atoms with Crippen molar-refractivity contribution in [1.82, 2.24) is 0 Å². The molecule has 0 aliphatic rings. The highest BCUT2D eigenvalue weighted by molar-refractivity contribution is 5.67. The zero-order chi connectivity index (χ0) is 14.7. The van der Waals surface area contributed by atoms with E-state index < -0.39 is 6.10 Å². The molecular weight excluding hydrogens is 253 g/mol. The highest BCUT2D eigenvalue weighted by Gasteiger charge is 2.15. The summed E-state index contributed by atoms with van der Waals surface area (Å²) in [7, 11) is 0. The summed E-state index contributed by atoms with van der Waals surface area (Å²) in [5.74, 6) is -0.329. The van der Waals surface area contributed by atoms with E-state index in [9.17, 15) is 9.50 Å². The standard InChI is InChI=1S/C17H20FNO/c1-4-19(15-7-5-6-12(2)10-15)17-9-8-14(18)11-16(17)13(3)20/h5-11,13,20H,4H2,1-3H3/t13-/m0/s1. The molecule has 0 fully saturated rings. The maximum Gasteiger partial charge on any atom is 0.123 e. The Bertz CT molecular complexity index is 595. The van der Waals surface area contributed by atoms with Gasteiger partial charge in [0.25, 0.3) is 0 Å². The van der Waals surface area contributed by atoms with Gasteiger partial charge in [-0.1, -0.05) is 12.1 Å². The van der Waals surface area contributed by atoms with Gasteiger partial charge in [-0.05, 0) is 56.7 Å². The quantitative estimate of drug-likeness (QED) is 0.895. The summed E-state index contributed by atoms with van der Waals surface area (Å²) < 4.78 is 13.4. The van der Waals surface area contributed by atoms with Crippen molar-refractivity contribution >= 4 is 11.4 Å². The van der Waals surface area contributed by atoms with Crippen LogP contribution in [-0.4, -0.2) is 11.7 Å². The fourth-order valence-electron chi connectivity index (χ4n) is 2.39. The normalized spacial score (nSPS) is 12.2. The molecule has 20 heavy (non-hydrogen) atoms. The molecule has 0 radical (unpaired) electrons. The maximum absolute atomic E-state index is 13.4. The van der Waals surface area contributed by atoms with E-state index in [0.717, 1.165) is 17.9 Å². The van der Waals surface area contributed by atoms with Crippen LogP contribution in [0.25, 0.3) is 0 Å². The Morgan fingerprint density at radius 2 is 1.95 bits per heavy atom. The molecule has 0 amide bonds. The fraction of sp³-hybridized carbons (Fsp3) is 0.294. The third kappa shape index (κ3) is 2.99. The Morgan fingerprint density at radius 1 is 1.20 bits per heavy atom. The van der Waals surface area contributed by atoms with Gasteiger partial charge in [0.05, 0.1) is 6.10 Å². The predicted octanol–water partition coefficient (Wildman–Crippen LogP) is 4.35. The number of anilines is 2. The monoisotopic (exact) mass is 273 g/mol. The van der Waals surface area contributed by atoms with Gasteiger partial charge in [0, 0.05) is 23.5 Å². The molecule has 106 valence electrons. The molecule has 2 aromatic rings. The number of rotatable bonds is 4. The highest BCUT2D eigenvalue weighted by Crippen LogP contribution is 2.32. The molecule has 1 atom stereocenters. The van der Waals surface area contributed by atoms with Crippen LogP contribution in [0.2, 0.25) is 0 Å². The van der Waals surface area contributed by atoms with Gasteiger partial charge in [0.1, 0.15) is 5.82 Å². The minimum Gasteiger partial charge on any atom is -0.389 e. The van der Waals surface area contributed by atoms with Crippen LogP contribution in [0.1, 0.15) is 31.1 Å². The topological polar surface area (TPSA) is 23.5 Å². The van der Waals surface area contributed by atoms with E-state index in [1.165, 1.54) is 17.7 Å². The fourth-order valence-corrected chi connectivity index (χ4v) is 2.39. The van der Waals surface area contributed by atoms with Gasteiger partial charge >= 0.3 is 0 Å². The first-order valence-corrected chi connectivity index (χ1v) is 6.84. The van der Waals surface area contributed by atoms with Crippen LogP contribution >= 0.6 is 0 Å². The van der Waals surface area contributed by atoms with Crippen molar-refractivity contribution in [2.24, 2.45) is 0 Å². The lowest BCUT2D eigenvalue weighted by Gasteiger charge is -2.27. The second-order valence-corrected chi connectivity index (χ2v) is 4.96. The molecule has 0 saturated carbocycles. The lowest BCUT2D eigenvalue weighted by molar-refractivity contribution is 0.199. The Labute approximate surface area is 119 Å². The van der Waals surface area contributed by atoms with Gasteiger partial charge in [-0.15, -0.1) is 0 Å². The van der Waals surface area contributed by atoms with Gasteiger partial charge < -0.3 is 10.0 Å². The van der Waals surface area contributed by atoms with E-state index in [1.807, 2.05) is 32.0 Å². The zero-order valence-corrected chi connectivity index (χ0v) is 12.1. The smallest absolute Gasteiger partial charge is 0.123 e. The second-order valence-electron chi connectivity index (χ2n) is 4.96. The number of aliphatic hydroxyl groups excluding tert-OH is 1. The third-order valence-electron chi connectivity index (χ3n) is 3.36. The average Bonchev–Trinajstić information content (AvgIpc) is 2.41. The van der Waals surface area contributed by atoms with Crippen LogP contribution in [0.15, 0.2) is 42.5 Å². The number of benzene rings is 2. The summed E-state index contributed by atoms with van der Waals surface area (Å²) >= 11 is 0. The van der Waals surface area contributed by atoms with Crippen LogP contribution in [-0.2, 0) is 0 Å².